The van der Waals surface area contributed by atoms with Crippen molar-refractivity contribution in [2.45, 2.75) is 13.5 Å². The number of fused-ring (bicyclic) bond motifs is 3. The summed E-state index contributed by atoms with van der Waals surface area (Å²) in [6.45, 7) is 3.21. The number of rotatable bonds is 0. The van der Waals surface area contributed by atoms with Crippen LogP contribution in [0.25, 0.3) is 32.4 Å². The molecule has 0 aliphatic carbocycles. The van der Waals surface area contributed by atoms with Crippen LogP contribution in [0.15, 0.2) is 54.6 Å². The Morgan fingerprint density at radius 1 is 0.750 bits per heavy atom. The molecule has 0 saturated heterocycles. The van der Waals surface area contributed by atoms with Gasteiger partial charge in [-0.15, -0.1) is 0 Å². The van der Waals surface area contributed by atoms with Gasteiger partial charge in [-0.1, -0.05) is 42.5 Å². The molecule has 3 aromatic carbocycles. The van der Waals surface area contributed by atoms with Crippen molar-refractivity contribution in [2.75, 3.05) is 0 Å². The lowest BCUT2D eigenvalue weighted by Gasteiger charge is -2.06. The number of hydrogen-bond acceptors (Lipinski definition) is 0. The van der Waals surface area contributed by atoms with E-state index in [-0.39, 0.29) is 0 Å². The van der Waals surface area contributed by atoms with Crippen LogP contribution in [0.2, 0.25) is 0 Å². The van der Waals surface area contributed by atoms with Crippen molar-refractivity contribution in [1.82, 2.24) is 0 Å². The highest BCUT2D eigenvalue weighted by molar-refractivity contribution is 6.24. The van der Waals surface area contributed by atoms with Gasteiger partial charge in [-0.2, -0.15) is 4.57 Å². The van der Waals surface area contributed by atoms with Crippen molar-refractivity contribution in [2.24, 2.45) is 0 Å². The lowest BCUT2D eigenvalue weighted by Crippen LogP contribution is -2.35. The van der Waals surface area contributed by atoms with Crippen LogP contribution in [0.1, 0.15) is 11.3 Å². The lowest BCUT2D eigenvalue weighted by molar-refractivity contribution is -0.664. The van der Waals surface area contributed by atoms with Crippen LogP contribution in [0, 0.1) is 6.92 Å². The molecule has 0 atom stereocenters. The Morgan fingerprint density at radius 2 is 1.50 bits per heavy atom. The minimum atomic E-state index is 1.01. The summed E-state index contributed by atoms with van der Waals surface area (Å²) in [5, 5.41) is 6.95. The molecule has 1 heteroatoms. The van der Waals surface area contributed by atoms with Crippen LogP contribution in [-0.4, -0.2) is 0 Å². The Balaban J connectivity index is 2.26. The summed E-state index contributed by atoms with van der Waals surface area (Å²) < 4.78 is 2.46. The van der Waals surface area contributed by atoms with Gasteiger partial charge in [0.05, 0.1) is 10.8 Å². The van der Waals surface area contributed by atoms with Crippen LogP contribution in [0.4, 0.5) is 0 Å². The first-order valence-electron chi connectivity index (χ1n) is 7.10. The highest BCUT2D eigenvalue weighted by Crippen LogP contribution is 2.37. The summed E-state index contributed by atoms with van der Waals surface area (Å²) in [7, 11) is 0. The minimum Gasteiger partial charge on any atom is -0.191 e. The van der Waals surface area contributed by atoms with Crippen LogP contribution >= 0.6 is 0 Å². The van der Waals surface area contributed by atoms with Gasteiger partial charge in [0.15, 0.2) is 12.2 Å². The molecule has 0 saturated carbocycles. The number of hydrogen-bond donors (Lipinski definition) is 0. The average molecular weight is 256 g/mol. The van der Waals surface area contributed by atoms with E-state index in [1.165, 1.54) is 43.7 Å². The van der Waals surface area contributed by atoms with Crippen molar-refractivity contribution in [3.8, 4) is 0 Å². The smallest absolute Gasteiger partial charge is 0.191 e. The standard InChI is InChI=1S/C19H14N/c1-12-9-10-17-15-7-3-2-6-14(15)16-8-4-5-13-11-20(12)19(17)18(13)16/h2-10H,11H2,1H3/q+1. The summed E-state index contributed by atoms with van der Waals surface area (Å²) >= 11 is 0. The first-order chi connectivity index (χ1) is 9.84. The fraction of sp³-hybridized carbons (Fsp3) is 0.105. The van der Waals surface area contributed by atoms with Crippen molar-refractivity contribution in [3.05, 3.63) is 65.9 Å². The maximum absolute atomic E-state index is 2.46. The second-order valence-corrected chi connectivity index (χ2v) is 5.71. The molecule has 0 amide bonds. The Bertz CT molecular complexity index is 1030. The monoisotopic (exact) mass is 256 g/mol. The summed E-state index contributed by atoms with van der Waals surface area (Å²) in [6.07, 6.45) is 0. The van der Waals surface area contributed by atoms with Gasteiger partial charge >= 0.3 is 0 Å². The molecule has 1 aliphatic rings. The molecule has 4 aromatic rings. The van der Waals surface area contributed by atoms with E-state index in [2.05, 4.69) is 66.1 Å². The number of nitrogens with zero attached hydrogens (tertiary/aromatic N) is 1. The zero-order valence-corrected chi connectivity index (χ0v) is 11.4. The molecule has 0 spiro atoms. The predicted molar refractivity (Wildman–Crippen MR) is 83.0 cm³/mol. The van der Waals surface area contributed by atoms with Gasteiger partial charge < -0.3 is 0 Å². The first kappa shape index (κ1) is 10.4. The van der Waals surface area contributed by atoms with Gasteiger partial charge in [-0.3, -0.25) is 0 Å². The van der Waals surface area contributed by atoms with E-state index < -0.39 is 0 Å². The maximum atomic E-state index is 2.46. The van der Waals surface area contributed by atoms with E-state index in [1.807, 2.05) is 0 Å². The van der Waals surface area contributed by atoms with E-state index in [0.29, 0.717) is 0 Å². The van der Waals surface area contributed by atoms with Crippen molar-refractivity contribution < 1.29 is 4.57 Å². The molecule has 2 heterocycles. The quantitative estimate of drug-likeness (QED) is 0.290. The first-order valence-corrected chi connectivity index (χ1v) is 7.10. The molecule has 5 rings (SSSR count). The summed E-state index contributed by atoms with van der Waals surface area (Å²) in [5.74, 6) is 0. The van der Waals surface area contributed by atoms with Crippen LogP contribution in [-0.2, 0) is 6.54 Å². The van der Waals surface area contributed by atoms with Gasteiger partial charge in [-0.25, -0.2) is 0 Å². The third kappa shape index (κ3) is 1.07. The molecule has 0 bridgehead atoms. The molecular weight excluding hydrogens is 242 g/mol. The average Bonchev–Trinajstić information content (AvgIpc) is 2.89. The number of pyridine rings is 1. The molecule has 20 heavy (non-hydrogen) atoms. The highest BCUT2D eigenvalue weighted by Gasteiger charge is 2.27. The van der Waals surface area contributed by atoms with Gasteiger partial charge in [0, 0.05) is 18.6 Å². The van der Waals surface area contributed by atoms with Crippen LogP contribution < -0.4 is 4.57 Å². The van der Waals surface area contributed by atoms with Crippen molar-refractivity contribution in [1.29, 1.82) is 0 Å². The molecule has 1 aliphatic heterocycles. The fourth-order valence-electron chi connectivity index (χ4n) is 3.74. The SMILES string of the molecule is Cc1ccc2c3ccccc3c3cccc4c3c2[n+]1C4. The third-order valence-electron chi connectivity index (χ3n) is 4.67. The summed E-state index contributed by atoms with van der Waals surface area (Å²) in [6, 6.07) is 20.0. The molecule has 1 aromatic heterocycles. The number of benzene rings is 3. The molecule has 0 fully saturated rings. The van der Waals surface area contributed by atoms with Gasteiger partial charge in [0.25, 0.3) is 0 Å². The number of aromatic nitrogens is 1. The topological polar surface area (TPSA) is 3.88 Å². The van der Waals surface area contributed by atoms with E-state index in [1.54, 1.807) is 0 Å². The maximum Gasteiger partial charge on any atom is 0.222 e. The largest absolute Gasteiger partial charge is 0.222 e. The molecule has 0 unspecified atom stereocenters. The molecule has 1 nitrogen and oxygen atoms in total. The molecular formula is C19H14N+. The second-order valence-electron chi connectivity index (χ2n) is 5.71. The number of aryl methyl sites for hydroxylation is 1. The summed E-state index contributed by atoms with van der Waals surface area (Å²) in [5.41, 5.74) is 4.20. The lowest BCUT2D eigenvalue weighted by atomic mass is 9.96. The Labute approximate surface area is 117 Å². The molecule has 0 N–H and O–H groups in total. The van der Waals surface area contributed by atoms with Gasteiger partial charge in [0.1, 0.15) is 0 Å². The van der Waals surface area contributed by atoms with Gasteiger partial charge in [0.2, 0.25) is 5.52 Å². The van der Waals surface area contributed by atoms with E-state index in [0.717, 1.165) is 6.54 Å². The second kappa shape index (κ2) is 3.37. The van der Waals surface area contributed by atoms with Crippen LogP contribution in [0.5, 0.6) is 0 Å². The zero-order chi connectivity index (χ0) is 13.3. The van der Waals surface area contributed by atoms with E-state index >= 15 is 0 Å². The summed E-state index contributed by atoms with van der Waals surface area (Å²) in [4.78, 5) is 0. The van der Waals surface area contributed by atoms with E-state index in [4.69, 9.17) is 0 Å². The van der Waals surface area contributed by atoms with Crippen molar-refractivity contribution >= 4 is 32.4 Å². The minimum absolute atomic E-state index is 1.01. The van der Waals surface area contributed by atoms with Gasteiger partial charge in [-0.05, 0) is 22.2 Å². The normalized spacial score (nSPS) is 13.1. The van der Waals surface area contributed by atoms with Crippen LogP contribution in [0.3, 0.4) is 0 Å². The highest BCUT2D eigenvalue weighted by atomic mass is 15.0. The molecule has 94 valence electrons. The zero-order valence-electron chi connectivity index (χ0n) is 11.4. The Morgan fingerprint density at radius 3 is 2.35 bits per heavy atom. The predicted octanol–water partition coefficient (Wildman–Crippen LogP) is 4.10. The third-order valence-corrected chi connectivity index (χ3v) is 4.67. The fourth-order valence-corrected chi connectivity index (χ4v) is 3.74. The Hall–Kier alpha value is -2.41. The van der Waals surface area contributed by atoms with E-state index in [9.17, 15) is 0 Å². The Kier molecular flexibility index (Phi) is 1.75. The molecule has 0 radical (unpaired) electrons. The van der Waals surface area contributed by atoms with Crippen molar-refractivity contribution in [3.63, 3.8) is 0 Å².